The van der Waals surface area contributed by atoms with Crippen LogP contribution in [0.2, 0.25) is 0 Å². The Morgan fingerprint density at radius 3 is 2.83 bits per heavy atom. The van der Waals surface area contributed by atoms with Crippen molar-refractivity contribution in [3.05, 3.63) is 51.9 Å². The lowest BCUT2D eigenvalue weighted by molar-refractivity contribution is 0.426. The van der Waals surface area contributed by atoms with Crippen LogP contribution in [0.4, 0.5) is 4.39 Å². The molecule has 1 aromatic heterocycles. The molecule has 0 saturated heterocycles. The molecular formula is C13H8BrFN2O. The summed E-state index contributed by atoms with van der Waals surface area (Å²) in [6.07, 6.45) is 0. The fourth-order valence-electron chi connectivity index (χ4n) is 1.42. The first-order valence-electron chi connectivity index (χ1n) is 5.10. The van der Waals surface area contributed by atoms with Crippen molar-refractivity contribution in [3.8, 4) is 17.7 Å². The van der Waals surface area contributed by atoms with Gasteiger partial charge >= 0.3 is 0 Å². The topological polar surface area (TPSA) is 45.9 Å². The number of halogens is 2. The van der Waals surface area contributed by atoms with Crippen molar-refractivity contribution in [1.29, 1.82) is 5.26 Å². The van der Waals surface area contributed by atoms with E-state index in [0.717, 1.165) is 0 Å². The van der Waals surface area contributed by atoms with Crippen LogP contribution in [-0.2, 0) is 0 Å². The van der Waals surface area contributed by atoms with Gasteiger partial charge in [0, 0.05) is 16.2 Å². The maximum atomic E-state index is 13.5. The Hall–Kier alpha value is -1.93. The average Bonchev–Trinajstić information content (AvgIpc) is 2.33. The molecular weight excluding hydrogens is 299 g/mol. The van der Waals surface area contributed by atoms with Gasteiger partial charge < -0.3 is 4.74 Å². The maximum Gasteiger partial charge on any atom is 0.220 e. The zero-order chi connectivity index (χ0) is 13.1. The van der Waals surface area contributed by atoms with Gasteiger partial charge in [0.05, 0.1) is 11.6 Å². The molecule has 3 nitrogen and oxygen atoms in total. The van der Waals surface area contributed by atoms with Crippen molar-refractivity contribution in [3.63, 3.8) is 0 Å². The molecule has 0 aliphatic rings. The summed E-state index contributed by atoms with van der Waals surface area (Å²) in [5, 5.41) is 8.84. The third-order valence-corrected chi connectivity index (χ3v) is 2.66. The second kappa shape index (κ2) is 5.15. The predicted molar refractivity (Wildman–Crippen MR) is 67.9 cm³/mol. The van der Waals surface area contributed by atoms with E-state index in [1.165, 1.54) is 18.2 Å². The van der Waals surface area contributed by atoms with Crippen molar-refractivity contribution >= 4 is 15.9 Å². The van der Waals surface area contributed by atoms with Gasteiger partial charge in [0.1, 0.15) is 0 Å². The number of hydrogen-bond acceptors (Lipinski definition) is 3. The van der Waals surface area contributed by atoms with E-state index in [1.807, 2.05) is 6.07 Å². The Morgan fingerprint density at radius 2 is 2.11 bits per heavy atom. The van der Waals surface area contributed by atoms with Crippen molar-refractivity contribution in [2.24, 2.45) is 0 Å². The molecule has 0 saturated carbocycles. The third kappa shape index (κ3) is 2.84. The normalized spacial score (nSPS) is 9.89. The summed E-state index contributed by atoms with van der Waals surface area (Å²) in [4.78, 5) is 4.09. The van der Waals surface area contributed by atoms with Gasteiger partial charge in [-0.2, -0.15) is 5.26 Å². The predicted octanol–water partition coefficient (Wildman–Crippen LogP) is 3.96. The van der Waals surface area contributed by atoms with E-state index in [1.54, 1.807) is 19.1 Å². The number of nitrogens with zero attached hydrogens (tertiary/aromatic N) is 2. The van der Waals surface area contributed by atoms with Crippen LogP contribution in [0.3, 0.4) is 0 Å². The van der Waals surface area contributed by atoms with Crippen LogP contribution >= 0.6 is 15.9 Å². The van der Waals surface area contributed by atoms with Gasteiger partial charge in [0.15, 0.2) is 11.6 Å². The third-order valence-electron chi connectivity index (χ3n) is 2.17. The number of pyridine rings is 1. The van der Waals surface area contributed by atoms with Crippen LogP contribution in [0.1, 0.15) is 11.3 Å². The number of ether oxygens (including phenoxy) is 1. The Labute approximate surface area is 112 Å². The highest BCUT2D eigenvalue weighted by Gasteiger charge is 2.08. The van der Waals surface area contributed by atoms with Gasteiger partial charge in [-0.3, -0.25) is 0 Å². The molecule has 0 bridgehead atoms. The lowest BCUT2D eigenvalue weighted by Gasteiger charge is -2.07. The Bertz CT molecular complexity index is 637. The molecule has 0 N–H and O–H groups in total. The highest BCUT2D eigenvalue weighted by atomic mass is 79.9. The standard InChI is InChI=1S/C13H8BrFN2O/c1-8-4-9(7-16)5-13(17-8)18-12-6-10(14)2-3-11(12)15/h2-6H,1H3. The molecule has 1 heterocycles. The lowest BCUT2D eigenvalue weighted by atomic mass is 10.2. The highest BCUT2D eigenvalue weighted by molar-refractivity contribution is 9.10. The maximum absolute atomic E-state index is 13.5. The summed E-state index contributed by atoms with van der Waals surface area (Å²) in [5.74, 6) is -0.227. The second-order valence-electron chi connectivity index (χ2n) is 3.62. The highest BCUT2D eigenvalue weighted by Crippen LogP contribution is 2.27. The molecule has 0 spiro atoms. The minimum absolute atomic E-state index is 0.0614. The van der Waals surface area contributed by atoms with Crippen LogP contribution < -0.4 is 4.74 Å². The van der Waals surface area contributed by atoms with Gasteiger partial charge in [0.2, 0.25) is 5.88 Å². The summed E-state index contributed by atoms with van der Waals surface area (Å²) < 4.78 is 19.5. The van der Waals surface area contributed by atoms with E-state index >= 15 is 0 Å². The van der Waals surface area contributed by atoms with E-state index in [4.69, 9.17) is 10.00 Å². The molecule has 5 heteroatoms. The summed E-state index contributed by atoms with van der Waals surface area (Å²) in [6.45, 7) is 1.74. The lowest BCUT2D eigenvalue weighted by Crippen LogP contribution is -1.93. The Morgan fingerprint density at radius 1 is 1.33 bits per heavy atom. The molecule has 0 aliphatic heterocycles. The molecule has 90 valence electrons. The van der Waals surface area contributed by atoms with Crippen molar-refractivity contribution in [2.75, 3.05) is 0 Å². The summed E-state index contributed by atoms with van der Waals surface area (Å²) in [7, 11) is 0. The van der Waals surface area contributed by atoms with E-state index in [0.29, 0.717) is 15.7 Å². The Balaban J connectivity index is 2.37. The first-order chi connectivity index (χ1) is 8.58. The van der Waals surface area contributed by atoms with Gasteiger partial charge in [0.25, 0.3) is 0 Å². The largest absolute Gasteiger partial charge is 0.436 e. The molecule has 0 atom stereocenters. The average molecular weight is 307 g/mol. The van der Waals surface area contributed by atoms with Crippen LogP contribution in [0, 0.1) is 24.1 Å². The van der Waals surface area contributed by atoms with E-state index in [2.05, 4.69) is 20.9 Å². The SMILES string of the molecule is Cc1cc(C#N)cc(Oc2cc(Br)ccc2F)n1. The van der Waals surface area contributed by atoms with Gasteiger partial charge in [-0.1, -0.05) is 15.9 Å². The monoisotopic (exact) mass is 306 g/mol. The number of benzene rings is 1. The molecule has 0 radical (unpaired) electrons. The summed E-state index contributed by atoms with van der Waals surface area (Å²) in [5.41, 5.74) is 1.06. The van der Waals surface area contributed by atoms with Crippen molar-refractivity contribution < 1.29 is 9.13 Å². The minimum atomic E-state index is -0.486. The Kier molecular flexibility index (Phi) is 3.58. The summed E-state index contributed by atoms with van der Waals surface area (Å²) in [6, 6.07) is 9.47. The fraction of sp³-hybridized carbons (Fsp3) is 0.0769. The summed E-state index contributed by atoms with van der Waals surface area (Å²) >= 11 is 3.23. The second-order valence-corrected chi connectivity index (χ2v) is 4.54. The number of nitriles is 1. The zero-order valence-corrected chi connectivity index (χ0v) is 11.0. The van der Waals surface area contributed by atoms with Crippen LogP contribution in [0.15, 0.2) is 34.8 Å². The quantitative estimate of drug-likeness (QED) is 0.843. The molecule has 18 heavy (non-hydrogen) atoms. The number of hydrogen-bond donors (Lipinski definition) is 0. The number of rotatable bonds is 2. The molecule has 0 unspecified atom stereocenters. The zero-order valence-electron chi connectivity index (χ0n) is 9.45. The van der Waals surface area contributed by atoms with E-state index < -0.39 is 5.82 Å². The smallest absolute Gasteiger partial charge is 0.220 e. The van der Waals surface area contributed by atoms with Gasteiger partial charge in [-0.15, -0.1) is 0 Å². The minimum Gasteiger partial charge on any atom is -0.436 e. The van der Waals surface area contributed by atoms with Crippen LogP contribution in [-0.4, -0.2) is 4.98 Å². The molecule has 0 amide bonds. The number of aromatic nitrogens is 1. The molecule has 1 aromatic carbocycles. The van der Waals surface area contributed by atoms with Gasteiger partial charge in [-0.25, -0.2) is 9.37 Å². The fourth-order valence-corrected chi connectivity index (χ4v) is 1.76. The molecule has 2 rings (SSSR count). The van der Waals surface area contributed by atoms with Crippen LogP contribution in [0.25, 0.3) is 0 Å². The van der Waals surface area contributed by atoms with E-state index in [-0.39, 0.29) is 11.6 Å². The van der Waals surface area contributed by atoms with Crippen molar-refractivity contribution in [2.45, 2.75) is 6.92 Å². The first-order valence-corrected chi connectivity index (χ1v) is 5.89. The first kappa shape index (κ1) is 12.5. The van der Waals surface area contributed by atoms with E-state index in [9.17, 15) is 4.39 Å². The molecule has 2 aromatic rings. The molecule has 0 aliphatic carbocycles. The van der Waals surface area contributed by atoms with Crippen LogP contribution in [0.5, 0.6) is 11.6 Å². The van der Waals surface area contributed by atoms with Gasteiger partial charge in [-0.05, 0) is 31.2 Å². The molecule has 0 fully saturated rings. The number of aryl methyl sites for hydroxylation is 1. The van der Waals surface area contributed by atoms with Crippen molar-refractivity contribution in [1.82, 2.24) is 4.98 Å².